The van der Waals surface area contributed by atoms with E-state index in [4.69, 9.17) is 0 Å². The number of urea groups is 1. The third-order valence-electron chi connectivity index (χ3n) is 3.27. The minimum absolute atomic E-state index is 0.402. The standard InChI is InChI=1S/C12H11N.C7H4N2O/c1-2-6-11(7-3-1)10-12-8-4-5-9-13-12;10-7-8-5-3-1-2-4-6(5)9-7/h1-9H,10H2;1-4H. The Balaban J connectivity index is 0.000000140. The Hall–Kier alpha value is -3.14. The van der Waals surface area contributed by atoms with Gasteiger partial charge in [0.05, 0.1) is 10.7 Å². The van der Waals surface area contributed by atoms with Gasteiger partial charge in [-0.15, -0.1) is 0 Å². The number of rotatable bonds is 2. The quantitative estimate of drug-likeness (QED) is 0.731. The highest BCUT2D eigenvalue weighted by molar-refractivity contribution is 5.77. The van der Waals surface area contributed by atoms with E-state index in [0.29, 0.717) is 10.7 Å². The minimum atomic E-state index is -0.402. The van der Waals surface area contributed by atoms with Crippen molar-refractivity contribution in [1.29, 1.82) is 0 Å². The second kappa shape index (κ2) is 7.22. The zero-order valence-corrected chi connectivity index (χ0v) is 12.5. The summed E-state index contributed by atoms with van der Waals surface area (Å²) >= 11 is 0. The van der Waals surface area contributed by atoms with E-state index >= 15 is 0 Å². The monoisotopic (exact) mass is 301 g/mol. The summed E-state index contributed by atoms with van der Waals surface area (Å²) in [6.07, 6.45) is 2.75. The molecule has 2 amide bonds. The molecule has 2 heterocycles. The molecule has 0 radical (unpaired) electrons. The van der Waals surface area contributed by atoms with Gasteiger partial charge in [-0.05, 0) is 29.8 Å². The molecule has 0 saturated heterocycles. The van der Waals surface area contributed by atoms with Crippen LogP contribution in [-0.4, -0.2) is 11.0 Å². The van der Waals surface area contributed by atoms with Crippen molar-refractivity contribution < 1.29 is 4.79 Å². The Kier molecular flexibility index (Phi) is 4.64. The topological polar surface area (TPSA) is 54.7 Å². The van der Waals surface area contributed by atoms with Gasteiger partial charge in [0.25, 0.3) is 0 Å². The number of nitrogens with zero attached hydrogens (tertiary/aromatic N) is 3. The zero-order chi connectivity index (χ0) is 15.9. The van der Waals surface area contributed by atoms with Crippen molar-refractivity contribution in [3.8, 4) is 0 Å². The molecular formula is C19H15N3O. The van der Waals surface area contributed by atoms with Crippen LogP contribution in [0, 0.1) is 0 Å². The number of hydrogen-bond donors (Lipinski definition) is 0. The molecule has 112 valence electrons. The molecular weight excluding hydrogens is 286 g/mol. The van der Waals surface area contributed by atoms with Gasteiger partial charge in [-0.3, -0.25) is 4.98 Å². The number of amides is 2. The SMILES string of the molecule is O=C1N=c2ccccc2=N1.c1ccc(Cc2ccccn2)cc1. The van der Waals surface area contributed by atoms with Crippen molar-refractivity contribution in [3.05, 3.63) is 101 Å². The van der Waals surface area contributed by atoms with Crippen LogP contribution in [0.1, 0.15) is 11.3 Å². The number of pyridine rings is 1. The second-order valence-corrected chi connectivity index (χ2v) is 4.98. The second-order valence-electron chi connectivity index (χ2n) is 4.98. The number of aromatic nitrogens is 1. The molecule has 4 nitrogen and oxygen atoms in total. The molecule has 0 saturated carbocycles. The first-order valence-electron chi connectivity index (χ1n) is 7.31. The first-order valence-corrected chi connectivity index (χ1v) is 7.31. The van der Waals surface area contributed by atoms with Crippen LogP contribution in [0.2, 0.25) is 0 Å². The number of hydrogen-bond acceptors (Lipinski definition) is 2. The van der Waals surface area contributed by atoms with E-state index in [-0.39, 0.29) is 0 Å². The highest BCUT2D eigenvalue weighted by atomic mass is 16.2. The van der Waals surface area contributed by atoms with E-state index in [0.717, 1.165) is 12.1 Å². The van der Waals surface area contributed by atoms with Crippen molar-refractivity contribution in [2.24, 2.45) is 9.98 Å². The first kappa shape index (κ1) is 14.8. The molecule has 1 aliphatic rings. The fourth-order valence-corrected chi connectivity index (χ4v) is 2.19. The summed E-state index contributed by atoms with van der Waals surface area (Å²) in [5, 5.41) is 1.35. The Morgan fingerprint density at radius 3 is 1.91 bits per heavy atom. The molecule has 0 aliphatic carbocycles. The molecule has 0 unspecified atom stereocenters. The largest absolute Gasteiger partial charge is 0.368 e. The van der Waals surface area contributed by atoms with Crippen molar-refractivity contribution in [3.63, 3.8) is 0 Å². The lowest BCUT2D eigenvalue weighted by Gasteiger charge is -1.99. The summed E-state index contributed by atoms with van der Waals surface area (Å²) in [6.45, 7) is 0. The van der Waals surface area contributed by atoms with Gasteiger partial charge in [0, 0.05) is 18.3 Å². The smallest absolute Gasteiger partial charge is 0.261 e. The highest BCUT2D eigenvalue weighted by Gasteiger charge is 2.01. The zero-order valence-electron chi connectivity index (χ0n) is 12.5. The molecule has 1 aromatic heterocycles. The number of carbonyl (C=O) groups is 1. The van der Waals surface area contributed by atoms with Gasteiger partial charge < -0.3 is 0 Å². The average Bonchev–Trinajstić information content (AvgIpc) is 2.97. The Morgan fingerprint density at radius 1 is 0.696 bits per heavy atom. The Labute approximate surface area is 133 Å². The first-order chi connectivity index (χ1) is 11.3. The van der Waals surface area contributed by atoms with Crippen LogP contribution in [0.3, 0.4) is 0 Å². The van der Waals surface area contributed by atoms with E-state index in [9.17, 15) is 4.79 Å². The maximum absolute atomic E-state index is 10.6. The van der Waals surface area contributed by atoms with E-state index in [1.807, 2.05) is 42.6 Å². The van der Waals surface area contributed by atoms with Gasteiger partial charge in [-0.2, -0.15) is 9.98 Å². The Morgan fingerprint density at radius 2 is 1.30 bits per heavy atom. The van der Waals surface area contributed by atoms with E-state index in [1.54, 1.807) is 12.1 Å². The van der Waals surface area contributed by atoms with Crippen LogP contribution >= 0.6 is 0 Å². The van der Waals surface area contributed by atoms with Crippen LogP contribution in [0.15, 0.2) is 89.0 Å². The number of benzene rings is 2. The number of fused-ring (bicyclic) bond motifs is 1. The van der Waals surface area contributed by atoms with Crippen molar-refractivity contribution in [2.75, 3.05) is 0 Å². The van der Waals surface area contributed by atoms with Gasteiger partial charge in [-0.25, -0.2) is 4.79 Å². The molecule has 0 fully saturated rings. The fourth-order valence-electron chi connectivity index (χ4n) is 2.19. The third-order valence-corrected chi connectivity index (χ3v) is 3.27. The lowest BCUT2D eigenvalue weighted by atomic mass is 10.1. The molecule has 4 heteroatoms. The van der Waals surface area contributed by atoms with Gasteiger partial charge in [0.15, 0.2) is 0 Å². The molecule has 23 heavy (non-hydrogen) atoms. The summed E-state index contributed by atoms with van der Waals surface area (Å²) in [5.41, 5.74) is 2.43. The predicted octanol–water partition coefficient (Wildman–Crippen LogP) is 2.73. The van der Waals surface area contributed by atoms with Crippen LogP contribution in [-0.2, 0) is 6.42 Å². The normalized spacial score (nSPS) is 11.6. The van der Waals surface area contributed by atoms with Crippen molar-refractivity contribution >= 4 is 6.03 Å². The Bertz CT molecular complexity index is 832. The van der Waals surface area contributed by atoms with E-state index < -0.39 is 6.03 Å². The van der Waals surface area contributed by atoms with E-state index in [2.05, 4.69) is 39.2 Å². The molecule has 0 bridgehead atoms. The van der Waals surface area contributed by atoms with Crippen molar-refractivity contribution in [2.45, 2.75) is 6.42 Å². The molecule has 3 aromatic rings. The minimum Gasteiger partial charge on any atom is -0.261 e. The van der Waals surface area contributed by atoms with Gasteiger partial charge >= 0.3 is 6.03 Å². The molecule has 2 aromatic carbocycles. The number of carbonyl (C=O) groups excluding carboxylic acids is 1. The summed E-state index contributed by atoms with van der Waals surface area (Å²) in [6, 6.07) is 23.2. The number of para-hydroxylation sites is 2. The van der Waals surface area contributed by atoms with Crippen LogP contribution in [0.25, 0.3) is 0 Å². The maximum Gasteiger partial charge on any atom is 0.368 e. The molecule has 0 atom stereocenters. The van der Waals surface area contributed by atoms with Gasteiger partial charge in [0.1, 0.15) is 0 Å². The lowest BCUT2D eigenvalue weighted by molar-refractivity contribution is 0.256. The summed E-state index contributed by atoms with van der Waals surface area (Å²) in [7, 11) is 0. The summed E-state index contributed by atoms with van der Waals surface area (Å²) < 4.78 is 0. The fraction of sp³-hybridized carbons (Fsp3) is 0.0526. The maximum atomic E-state index is 10.6. The van der Waals surface area contributed by atoms with Crippen molar-refractivity contribution in [1.82, 2.24) is 4.98 Å². The average molecular weight is 301 g/mol. The summed E-state index contributed by atoms with van der Waals surface area (Å²) in [5.74, 6) is 0. The van der Waals surface area contributed by atoms with Gasteiger partial charge in [0.2, 0.25) is 0 Å². The molecule has 4 rings (SSSR count). The molecule has 0 spiro atoms. The van der Waals surface area contributed by atoms with E-state index in [1.165, 1.54) is 5.56 Å². The van der Waals surface area contributed by atoms with Crippen LogP contribution < -0.4 is 10.7 Å². The highest BCUT2D eigenvalue weighted by Crippen LogP contribution is 2.05. The van der Waals surface area contributed by atoms with Crippen LogP contribution in [0.4, 0.5) is 4.79 Å². The molecule has 0 N–H and O–H groups in total. The summed E-state index contributed by atoms with van der Waals surface area (Å²) in [4.78, 5) is 22.1. The molecule has 1 aliphatic heterocycles. The van der Waals surface area contributed by atoms with Gasteiger partial charge in [-0.1, -0.05) is 48.5 Å². The lowest BCUT2D eigenvalue weighted by Crippen LogP contribution is -2.19. The van der Waals surface area contributed by atoms with Crippen LogP contribution in [0.5, 0.6) is 0 Å². The third kappa shape index (κ3) is 4.17. The predicted molar refractivity (Wildman–Crippen MR) is 87.6 cm³/mol.